The van der Waals surface area contributed by atoms with Crippen molar-refractivity contribution in [2.45, 2.75) is 51.1 Å². The molecule has 0 aliphatic heterocycles. The van der Waals surface area contributed by atoms with Crippen LogP contribution in [-0.4, -0.2) is 20.7 Å². The van der Waals surface area contributed by atoms with Crippen LogP contribution in [-0.2, 0) is 11.3 Å². The Labute approximate surface area is 141 Å². The van der Waals surface area contributed by atoms with Crippen molar-refractivity contribution in [1.29, 1.82) is 0 Å². The van der Waals surface area contributed by atoms with E-state index in [1.165, 1.54) is 31.3 Å². The van der Waals surface area contributed by atoms with E-state index in [1.54, 1.807) is 23.1 Å². The highest BCUT2D eigenvalue weighted by molar-refractivity contribution is 5.76. The first-order valence-corrected chi connectivity index (χ1v) is 8.59. The maximum absolute atomic E-state index is 13.2. The Morgan fingerprint density at radius 3 is 2.71 bits per heavy atom. The minimum atomic E-state index is -0.247. The van der Waals surface area contributed by atoms with Gasteiger partial charge >= 0.3 is 0 Å². The highest BCUT2D eigenvalue weighted by Crippen LogP contribution is 2.35. The summed E-state index contributed by atoms with van der Waals surface area (Å²) < 4.78 is 14.9. The van der Waals surface area contributed by atoms with Crippen molar-refractivity contribution >= 4 is 5.91 Å². The van der Waals surface area contributed by atoms with Gasteiger partial charge in [-0.3, -0.25) is 9.48 Å². The molecule has 0 unspecified atom stereocenters. The second kappa shape index (κ2) is 8.04. The van der Waals surface area contributed by atoms with Gasteiger partial charge in [0.15, 0.2) is 0 Å². The van der Waals surface area contributed by atoms with Gasteiger partial charge in [0.2, 0.25) is 5.91 Å². The summed E-state index contributed by atoms with van der Waals surface area (Å²) in [6.45, 7) is 0.679. The van der Waals surface area contributed by atoms with Crippen LogP contribution in [0.5, 0.6) is 0 Å². The van der Waals surface area contributed by atoms with Crippen LogP contribution >= 0.6 is 0 Å². The van der Waals surface area contributed by atoms with Crippen LogP contribution in [0.3, 0.4) is 0 Å². The molecule has 1 heterocycles. The Morgan fingerprint density at radius 2 is 2.04 bits per heavy atom. The number of halogens is 1. The van der Waals surface area contributed by atoms with Gasteiger partial charge in [-0.1, -0.05) is 25.0 Å². The lowest BCUT2D eigenvalue weighted by atomic mass is 9.91. The molecule has 0 spiro atoms. The van der Waals surface area contributed by atoms with E-state index >= 15 is 0 Å². The van der Waals surface area contributed by atoms with E-state index < -0.39 is 0 Å². The summed E-state index contributed by atoms with van der Waals surface area (Å²) in [6.07, 6.45) is 8.93. The molecule has 1 atom stereocenters. The molecule has 2 aromatic rings. The number of carbonyl (C=O) groups is 1. The van der Waals surface area contributed by atoms with Gasteiger partial charge in [-0.2, -0.15) is 5.10 Å². The Morgan fingerprint density at radius 1 is 1.29 bits per heavy atom. The molecule has 1 aromatic heterocycles. The first-order chi connectivity index (χ1) is 11.7. The normalized spacial score (nSPS) is 16.2. The zero-order valence-corrected chi connectivity index (χ0v) is 13.7. The molecule has 0 radical (unpaired) electrons. The number of hydrogen-bond donors (Lipinski definition) is 1. The van der Waals surface area contributed by atoms with E-state index in [1.807, 2.05) is 0 Å². The first kappa shape index (κ1) is 16.6. The van der Waals surface area contributed by atoms with Gasteiger partial charge in [-0.25, -0.2) is 9.37 Å². The molecule has 1 aromatic carbocycles. The van der Waals surface area contributed by atoms with Crippen molar-refractivity contribution in [3.63, 3.8) is 0 Å². The molecule has 3 rings (SSSR count). The Bertz CT molecular complexity index is 636. The Balaban J connectivity index is 1.58. The van der Waals surface area contributed by atoms with Crippen LogP contribution in [0.15, 0.2) is 36.9 Å². The number of rotatable bonds is 7. The van der Waals surface area contributed by atoms with Gasteiger partial charge < -0.3 is 5.32 Å². The predicted octanol–water partition coefficient (Wildman–Crippen LogP) is 3.25. The minimum absolute atomic E-state index is 0.0213. The van der Waals surface area contributed by atoms with Crippen LogP contribution in [0.1, 0.15) is 50.1 Å². The van der Waals surface area contributed by atoms with Crippen molar-refractivity contribution in [3.05, 3.63) is 48.3 Å². The van der Waals surface area contributed by atoms with Crippen LogP contribution in [0.2, 0.25) is 0 Å². The molecule has 0 saturated heterocycles. The molecule has 24 heavy (non-hydrogen) atoms. The molecule has 1 amide bonds. The van der Waals surface area contributed by atoms with Crippen molar-refractivity contribution < 1.29 is 9.18 Å². The molecule has 1 saturated carbocycles. The summed E-state index contributed by atoms with van der Waals surface area (Å²) in [4.78, 5) is 16.2. The van der Waals surface area contributed by atoms with Gasteiger partial charge in [0, 0.05) is 13.0 Å². The quantitative estimate of drug-likeness (QED) is 0.848. The largest absolute Gasteiger partial charge is 0.349 e. The summed E-state index contributed by atoms with van der Waals surface area (Å²) in [7, 11) is 0. The molecule has 1 aliphatic rings. The fourth-order valence-corrected chi connectivity index (χ4v) is 3.43. The van der Waals surface area contributed by atoms with Crippen LogP contribution in [0, 0.1) is 11.7 Å². The molecule has 1 N–H and O–H groups in total. The summed E-state index contributed by atoms with van der Waals surface area (Å²) in [5.41, 5.74) is 0.993. The minimum Gasteiger partial charge on any atom is -0.349 e. The van der Waals surface area contributed by atoms with E-state index in [2.05, 4.69) is 15.4 Å². The maximum Gasteiger partial charge on any atom is 0.220 e. The monoisotopic (exact) mass is 330 g/mol. The molecular formula is C18H23FN4O. The van der Waals surface area contributed by atoms with E-state index in [9.17, 15) is 9.18 Å². The molecular weight excluding hydrogens is 307 g/mol. The van der Waals surface area contributed by atoms with Crippen LogP contribution in [0.4, 0.5) is 4.39 Å². The third-order valence-corrected chi connectivity index (χ3v) is 4.67. The van der Waals surface area contributed by atoms with Gasteiger partial charge in [0.25, 0.3) is 0 Å². The first-order valence-electron chi connectivity index (χ1n) is 8.59. The standard InChI is InChI=1S/C18H23FN4O/c19-16-9-7-15(8-10-16)18(14-4-1-2-5-14)22-17(24)6-3-11-23-13-20-12-21-23/h7-10,12-14,18H,1-6,11H2,(H,22,24)/t18-/m1/s1. The van der Waals surface area contributed by atoms with E-state index in [0.717, 1.165) is 24.8 Å². The summed E-state index contributed by atoms with van der Waals surface area (Å²) >= 11 is 0. The van der Waals surface area contributed by atoms with Gasteiger partial charge in [0.05, 0.1) is 6.04 Å². The zero-order valence-electron chi connectivity index (χ0n) is 13.7. The summed E-state index contributed by atoms with van der Waals surface area (Å²) in [6, 6.07) is 6.48. The molecule has 128 valence electrons. The maximum atomic E-state index is 13.2. The number of carbonyl (C=O) groups excluding carboxylic acids is 1. The molecule has 1 fully saturated rings. The Hall–Kier alpha value is -2.24. The summed E-state index contributed by atoms with van der Waals surface area (Å²) in [5, 5.41) is 7.20. The third-order valence-electron chi connectivity index (χ3n) is 4.67. The second-order valence-corrected chi connectivity index (χ2v) is 6.40. The van der Waals surface area contributed by atoms with E-state index in [4.69, 9.17) is 0 Å². The van der Waals surface area contributed by atoms with Crippen molar-refractivity contribution in [1.82, 2.24) is 20.1 Å². The average Bonchev–Trinajstić information content (AvgIpc) is 3.27. The fraction of sp³-hybridized carbons (Fsp3) is 0.500. The molecule has 0 bridgehead atoms. The number of hydrogen-bond acceptors (Lipinski definition) is 3. The molecule has 6 heteroatoms. The topological polar surface area (TPSA) is 59.8 Å². The van der Waals surface area contributed by atoms with Gasteiger partial charge in [0.1, 0.15) is 18.5 Å². The Kier molecular flexibility index (Phi) is 5.56. The number of benzene rings is 1. The predicted molar refractivity (Wildman–Crippen MR) is 88.5 cm³/mol. The number of nitrogens with zero attached hydrogens (tertiary/aromatic N) is 3. The number of amides is 1. The van der Waals surface area contributed by atoms with Crippen molar-refractivity contribution in [2.75, 3.05) is 0 Å². The summed E-state index contributed by atoms with van der Waals surface area (Å²) in [5.74, 6) is 0.231. The smallest absolute Gasteiger partial charge is 0.220 e. The highest BCUT2D eigenvalue weighted by Gasteiger charge is 2.27. The van der Waals surface area contributed by atoms with Crippen LogP contribution in [0.25, 0.3) is 0 Å². The highest BCUT2D eigenvalue weighted by atomic mass is 19.1. The number of aryl methyl sites for hydroxylation is 1. The SMILES string of the molecule is O=C(CCCn1cncn1)N[C@@H](c1ccc(F)cc1)C1CCCC1. The van der Waals surface area contributed by atoms with Crippen molar-refractivity contribution in [3.8, 4) is 0 Å². The number of nitrogens with one attached hydrogen (secondary N) is 1. The van der Waals surface area contributed by atoms with E-state index in [-0.39, 0.29) is 17.8 Å². The lowest BCUT2D eigenvalue weighted by Crippen LogP contribution is -2.32. The lowest BCUT2D eigenvalue weighted by Gasteiger charge is -2.25. The number of aromatic nitrogens is 3. The average molecular weight is 330 g/mol. The lowest BCUT2D eigenvalue weighted by molar-refractivity contribution is -0.122. The van der Waals surface area contributed by atoms with Crippen molar-refractivity contribution in [2.24, 2.45) is 5.92 Å². The zero-order chi connectivity index (χ0) is 16.8. The van der Waals surface area contributed by atoms with Gasteiger partial charge in [-0.15, -0.1) is 0 Å². The van der Waals surface area contributed by atoms with Crippen LogP contribution < -0.4 is 5.32 Å². The van der Waals surface area contributed by atoms with E-state index in [0.29, 0.717) is 18.9 Å². The second-order valence-electron chi connectivity index (χ2n) is 6.40. The molecule has 5 nitrogen and oxygen atoms in total. The molecule has 1 aliphatic carbocycles. The van der Waals surface area contributed by atoms with Gasteiger partial charge in [-0.05, 0) is 42.9 Å². The third kappa shape index (κ3) is 4.40. The fourth-order valence-electron chi connectivity index (χ4n) is 3.43.